The smallest absolute Gasteiger partial charge is 0.316 e. The molecule has 3 aromatic carbocycles. The van der Waals surface area contributed by atoms with Crippen molar-refractivity contribution in [3.8, 4) is 22.5 Å². The van der Waals surface area contributed by atoms with Crippen molar-refractivity contribution in [3.63, 3.8) is 0 Å². The first-order valence-electron chi connectivity index (χ1n) is 13.5. The number of aryl methyl sites for hydroxylation is 2. The maximum absolute atomic E-state index is 13.5. The Morgan fingerprint density at radius 2 is 1.68 bits per heavy atom. The quantitative estimate of drug-likeness (QED) is 0.203. The molecule has 1 unspecified atom stereocenters. The van der Waals surface area contributed by atoms with Gasteiger partial charge in [0.05, 0.1) is 17.7 Å². The van der Waals surface area contributed by atoms with Crippen molar-refractivity contribution >= 4 is 5.97 Å². The van der Waals surface area contributed by atoms with Gasteiger partial charge in [-0.15, -0.1) is 0 Å². The molecule has 38 heavy (non-hydrogen) atoms. The Morgan fingerprint density at radius 1 is 1.03 bits per heavy atom. The third-order valence-electron chi connectivity index (χ3n) is 7.69. The Kier molecular flexibility index (Phi) is 7.46. The number of hydrogen-bond donors (Lipinski definition) is 0. The molecule has 0 radical (unpaired) electrons. The van der Waals surface area contributed by atoms with Crippen LogP contribution in [0.3, 0.4) is 0 Å². The van der Waals surface area contributed by atoms with Crippen LogP contribution in [-0.4, -0.2) is 17.7 Å². The molecular formula is C33H34FNO3. The van der Waals surface area contributed by atoms with Gasteiger partial charge in [0, 0.05) is 11.1 Å². The minimum absolute atomic E-state index is 0.112. The zero-order chi connectivity index (χ0) is 26.7. The van der Waals surface area contributed by atoms with E-state index >= 15 is 0 Å². The van der Waals surface area contributed by atoms with Gasteiger partial charge >= 0.3 is 5.97 Å². The number of aromatic nitrogens is 1. The number of carbonyl (C=O) groups is 1. The summed E-state index contributed by atoms with van der Waals surface area (Å²) in [6.45, 7) is 6.46. The van der Waals surface area contributed by atoms with Crippen molar-refractivity contribution < 1.29 is 18.4 Å². The van der Waals surface area contributed by atoms with Crippen LogP contribution in [0, 0.1) is 18.7 Å². The average molecular weight is 512 g/mol. The second-order valence-electron chi connectivity index (χ2n) is 10.5. The Labute approximate surface area is 223 Å². The zero-order valence-electron chi connectivity index (χ0n) is 22.3. The van der Waals surface area contributed by atoms with Crippen molar-refractivity contribution in [2.45, 2.75) is 58.3 Å². The largest absolute Gasteiger partial charge is 0.465 e. The number of nitrogens with zero attached hydrogens (tertiary/aromatic N) is 1. The van der Waals surface area contributed by atoms with Crippen LogP contribution < -0.4 is 0 Å². The first-order valence-corrected chi connectivity index (χ1v) is 13.5. The molecule has 1 atom stereocenters. The number of hydrogen-bond acceptors (Lipinski definition) is 4. The molecule has 0 spiro atoms. The SMILES string of the molecule is CCOC(=O)C1(c2ccc(-c3ccc(-c4onc(C)c4CC(C)CCc4cccc(F)c4)cc3)cc2)CC1. The molecule has 1 heterocycles. The van der Waals surface area contributed by atoms with E-state index in [1.807, 2.05) is 19.9 Å². The van der Waals surface area contributed by atoms with Gasteiger partial charge in [-0.1, -0.05) is 72.7 Å². The van der Waals surface area contributed by atoms with E-state index in [1.165, 1.54) is 6.07 Å². The molecule has 1 aromatic heterocycles. The first-order chi connectivity index (χ1) is 18.4. The number of esters is 1. The third kappa shape index (κ3) is 5.42. The summed E-state index contributed by atoms with van der Waals surface area (Å²) in [5.74, 6) is 0.915. The lowest BCUT2D eigenvalue weighted by Gasteiger charge is -2.15. The van der Waals surface area contributed by atoms with E-state index in [2.05, 4.69) is 60.6 Å². The lowest BCUT2D eigenvalue weighted by atomic mass is 9.91. The summed E-state index contributed by atoms with van der Waals surface area (Å²) in [5.41, 5.74) is 6.84. The van der Waals surface area contributed by atoms with Crippen LogP contribution in [0.1, 0.15) is 55.5 Å². The summed E-state index contributed by atoms with van der Waals surface area (Å²) >= 11 is 0. The number of halogens is 1. The Bertz CT molecular complexity index is 1400. The summed E-state index contributed by atoms with van der Waals surface area (Å²) in [4.78, 5) is 12.4. The summed E-state index contributed by atoms with van der Waals surface area (Å²) in [6, 6.07) is 23.4. The van der Waals surface area contributed by atoms with Crippen molar-refractivity contribution in [1.82, 2.24) is 5.16 Å². The summed E-state index contributed by atoms with van der Waals surface area (Å²) in [7, 11) is 0. The van der Waals surface area contributed by atoms with Crippen molar-refractivity contribution in [2.24, 2.45) is 5.92 Å². The highest BCUT2D eigenvalue weighted by Gasteiger charge is 2.52. The Hall–Kier alpha value is -3.73. The fraction of sp³-hybridized carbons (Fsp3) is 0.333. The minimum atomic E-state index is -0.451. The van der Waals surface area contributed by atoms with E-state index < -0.39 is 5.41 Å². The second-order valence-corrected chi connectivity index (χ2v) is 10.5. The molecule has 0 aliphatic heterocycles. The Morgan fingerprint density at radius 3 is 2.32 bits per heavy atom. The maximum Gasteiger partial charge on any atom is 0.316 e. The lowest BCUT2D eigenvalue weighted by Crippen LogP contribution is -2.23. The van der Waals surface area contributed by atoms with Gasteiger partial charge in [-0.05, 0) is 86.3 Å². The van der Waals surface area contributed by atoms with E-state index in [0.29, 0.717) is 12.5 Å². The molecule has 1 saturated carbocycles. The molecule has 4 aromatic rings. The molecule has 1 aliphatic carbocycles. The zero-order valence-corrected chi connectivity index (χ0v) is 22.3. The highest BCUT2D eigenvalue weighted by atomic mass is 19.1. The van der Waals surface area contributed by atoms with Gasteiger partial charge in [-0.3, -0.25) is 4.79 Å². The van der Waals surface area contributed by atoms with Crippen molar-refractivity contribution in [2.75, 3.05) is 6.61 Å². The molecule has 0 saturated heterocycles. The number of rotatable bonds is 10. The van der Waals surface area contributed by atoms with Crippen LogP contribution in [0.25, 0.3) is 22.5 Å². The van der Waals surface area contributed by atoms with Gasteiger partial charge in [0.25, 0.3) is 0 Å². The molecule has 1 fully saturated rings. The third-order valence-corrected chi connectivity index (χ3v) is 7.69. The van der Waals surface area contributed by atoms with E-state index in [4.69, 9.17) is 9.26 Å². The monoisotopic (exact) mass is 511 g/mol. The van der Waals surface area contributed by atoms with E-state index in [9.17, 15) is 9.18 Å². The fourth-order valence-corrected chi connectivity index (χ4v) is 5.21. The van der Waals surface area contributed by atoms with Crippen molar-refractivity contribution in [1.29, 1.82) is 0 Å². The first kappa shape index (κ1) is 25.9. The topological polar surface area (TPSA) is 52.3 Å². The predicted octanol–water partition coefficient (Wildman–Crippen LogP) is 7.86. The van der Waals surface area contributed by atoms with E-state index in [1.54, 1.807) is 12.1 Å². The van der Waals surface area contributed by atoms with Crippen molar-refractivity contribution in [3.05, 3.63) is 101 Å². The maximum atomic E-state index is 13.5. The molecule has 0 amide bonds. The van der Waals surface area contributed by atoms with Gasteiger partial charge in [-0.25, -0.2) is 4.39 Å². The molecule has 5 heteroatoms. The van der Waals surface area contributed by atoms with Crippen LogP contribution >= 0.6 is 0 Å². The second kappa shape index (κ2) is 10.9. The number of benzene rings is 3. The summed E-state index contributed by atoms with van der Waals surface area (Å²) in [5, 5.41) is 4.26. The van der Waals surface area contributed by atoms with Crippen LogP contribution in [0.15, 0.2) is 77.3 Å². The molecule has 0 N–H and O–H groups in total. The van der Waals surface area contributed by atoms with Gasteiger partial charge in [0.2, 0.25) is 0 Å². The summed E-state index contributed by atoms with van der Waals surface area (Å²) in [6.07, 6.45) is 4.35. The minimum Gasteiger partial charge on any atom is -0.465 e. The predicted molar refractivity (Wildman–Crippen MR) is 147 cm³/mol. The molecule has 196 valence electrons. The number of ether oxygens (including phenoxy) is 1. The Balaban J connectivity index is 1.27. The van der Waals surface area contributed by atoms with E-state index in [0.717, 1.165) is 76.9 Å². The number of carbonyl (C=O) groups excluding carboxylic acids is 1. The van der Waals surface area contributed by atoms with Gasteiger partial charge in [0.1, 0.15) is 5.82 Å². The molecular weight excluding hydrogens is 477 g/mol. The van der Waals surface area contributed by atoms with Gasteiger partial charge in [0.15, 0.2) is 5.76 Å². The molecule has 1 aliphatic rings. The lowest BCUT2D eigenvalue weighted by molar-refractivity contribution is -0.146. The van der Waals surface area contributed by atoms with Gasteiger partial charge < -0.3 is 9.26 Å². The molecule has 0 bridgehead atoms. The normalized spacial score (nSPS) is 14.7. The highest BCUT2D eigenvalue weighted by molar-refractivity contribution is 5.87. The fourth-order valence-electron chi connectivity index (χ4n) is 5.21. The standard InChI is InChI=1S/C33H34FNO3/c1-4-37-32(36)33(18-19-33)28-16-14-26(15-17-28)25-10-12-27(13-11-25)31-30(23(3)35-38-31)20-22(2)8-9-24-6-5-7-29(34)21-24/h5-7,10-17,21-22H,4,8-9,18-20H2,1-3H3. The molecule has 5 rings (SSSR count). The van der Waals surface area contributed by atoms with Gasteiger partial charge in [-0.2, -0.15) is 0 Å². The van der Waals surface area contributed by atoms with E-state index in [-0.39, 0.29) is 11.8 Å². The van der Waals surface area contributed by atoms with Crippen LogP contribution in [0.5, 0.6) is 0 Å². The summed E-state index contributed by atoms with van der Waals surface area (Å²) < 4.78 is 24.6. The van der Waals surface area contributed by atoms with Crippen LogP contribution in [-0.2, 0) is 27.8 Å². The molecule has 4 nitrogen and oxygen atoms in total. The average Bonchev–Trinajstić information content (AvgIpc) is 3.67. The highest BCUT2D eigenvalue weighted by Crippen LogP contribution is 2.49. The van der Waals surface area contributed by atoms with Crippen LogP contribution in [0.4, 0.5) is 4.39 Å². The van der Waals surface area contributed by atoms with Crippen LogP contribution in [0.2, 0.25) is 0 Å².